The molecule has 1 aliphatic heterocycles. The Kier molecular flexibility index (Phi) is 3.97. The van der Waals surface area contributed by atoms with E-state index in [-0.39, 0.29) is 16.9 Å². The number of phenolic OH excluding ortho intramolecular Hbond substituents is 1. The Hall–Kier alpha value is -1.72. The number of halogens is 1. The smallest absolute Gasteiger partial charge is 0.354 e. The van der Waals surface area contributed by atoms with Gasteiger partial charge in [-0.3, -0.25) is 0 Å². The van der Waals surface area contributed by atoms with Crippen LogP contribution in [-0.4, -0.2) is 23.5 Å². The van der Waals surface area contributed by atoms with E-state index in [0.717, 1.165) is 0 Å². The van der Waals surface area contributed by atoms with Gasteiger partial charge in [0.15, 0.2) is 5.03 Å². The molecular formula is C13H14ClNO4. The number of carbonyl (C=O) groups is 1. The van der Waals surface area contributed by atoms with Gasteiger partial charge in [0.25, 0.3) is 0 Å². The van der Waals surface area contributed by atoms with Gasteiger partial charge >= 0.3 is 5.97 Å². The number of esters is 1. The van der Waals surface area contributed by atoms with Gasteiger partial charge in [-0.2, -0.15) is 0 Å². The van der Waals surface area contributed by atoms with Crippen LogP contribution >= 0.6 is 11.6 Å². The molecule has 0 fully saturated rings. The molecule has 1 heterocycles. The van der Waals surface area contributed by atoms with Gasteiger partial charge in [-0.1, -0.05) is 23.7 Å². The highest BCUT2D eigenvalue weighted by Gasteiger charge is 2.35. The average molecular weight is 284 g/mol. The van der Waals surface area contributed by atoms with E-state index in [0.29, 0.717) is 11.4 Å². The molecule has 0 saturated heterocycles. The van der Waals surface area contributed by atoms with E-state index in [4.69, 9.17) is 21.1 Å². The molecule has 0 radical (unpaired) electrons. The van der Waals surface area contributed by atoms with Crippen molar-refractivity contribution in [2.24, 2.45) is 0 Å². The van der Waals surface area contributed by atoms with Crippen LogP contribution in [0.3, 0.4) is 0 Å². The largest absolute Gasteiger partial charge is 0.506 e. The van der Waals surface area contributed by atoms with Gasteiger partial charge in [0, 0.05) is 0 Å². The summed E-state index contributed by atoms with van der Waals surface area (Å²) in [7, 11) is 0. The summed E-state index contributed by atoms with van der Waals surface area (Å²) in [6.45, 7) is 3.63. The van der Waals surface area contributed by atoms with Crippen molar-refractivity contribution >= 4 is 23.3 Å². The summed E-state index contributed by atoms with van der Waals surface area (Å²) in [5.41, 5.74) is 0.716. The zero-order valence-corrected chi connectivity index (χ0v) is 11.3. The number of anilines is 1. The molecular weight excluding hydrogens is 270 g/mol. The number of nitrogens with one attached hydrogen (secondary N) is 1. The lowest BCUT2D eigenvalue weighted by Crippen LogP contribution is -2.23. The number of phenols is 1. The van der Waals surface area contributed by atoms with E-state index < -0.39 is 12.3 Å². The van der Waals surface area contributed by atoms with Gasteiger partial charge in [-0.25, -0.2) is 4.79 Å². The monoisotopic (exact) mass is 283 g/mol. The highest BCUT2D eigenvalue weighted by Crippen LogP contribution is 2.31. The fourth-order valence-electron chi connectivity index (χ4n) is 1.60. The molecule has 0 spiro atoms. The summed E-state index contributed by atoms with van der Waals surface area (Å²) >= 11 is 5.89. The van der Waals surface area contributed by atoms with E-state index in [1.54, 1.807) is 18.2 Å². The number of aromatic hydroxyl groups is 1. The Morgan fingerprint density at radius 1 is 1.42 bits per heavy atom. The zero-order valence-electron chi connectivity index (χ0n) is 10.5. The average Bonchev–Trinajstić information content (AvgIpc) is 2.59. The van der Waals surface area contributed by atoms with Crippen molar-refractivity contribution < 1.29 is 19.4 Å². The third-order valence-corrected chi connectivity index (χ3v) is 2.79. The van der Waals surface area contributed by atoms with Crippen molar-refractivity contribution in [1.29, 1.82) is 0 Å². The van der Waals surface area contributed by atoms with Crippen LogP contribution in [0, 0.1) is 0 Å². The number of para-hydroxylation sites is 2. The molecule has 2 rings (SSSR count). The number of hydrogen-bond donors (Lipinski definition) is 2. The Labute approximate surface area is 115 Å². The van der Waals surface area contributed by atoms with E-state index in [1.165, 1.54) is 6.07 Å². The Morgan fingerprint density at radius 2 is 2.11 bits per heavy atom. The van der Waals surface area contributed by atoms with Crippen LogP contribution in [-0.2, 0) is 14.3 Å². The summed E-state index contributed by atoms with van der Waals surface area (Å²) in [5.74, 6) is -0.604. The molecule has 0 bridgehead atoms. The van der Waals surface area contributed by atoms with Crippen LogP contribution in [0.2, 0.25) is 0 Å². The number of ether oxygens (including phenoxy) is 2. The normalized spacial score (nSPS) is 18.9. The summed E-state index contributed by atoms with van der Waals surface area (Å²) in [5, 5.41) is 12.5. The molecule has 1 aliphatic rings. The SMILES string of the molecule is CC(C)OC1OC(=O)C(Cl)=C1Nc1ccccc1O. The summed E-state index contributed by atoms with van der Waals surface area (Å²) in [4.78, 5) is 11.5. The first-order valence-electron chi connectivity index (χ1n) is 5.80. The summed E-state index contributed by atoms with van der Waals surface area (Å²) < 4.78 is 10.4. The molecule has 6 heteroatoms. The highest BCUT2D eigenvalue weighted by atomic mass is 35.5. The van der Waals surface area contributed by atoms with Gasteiger partial charge in [-0.15, -0.1) is 0 Å². The molecule has 0 aliphatic carbocycles. The van der Waals surface area contributed by atoms with Crippen LogP contribution in [0.25, 0.3) is 0 Å². The minimum Gasteiger partial charge on any atom is -0.506 e. The van der Waals surface area contributed by atoms with Crippen LogP contribution in [0.1, 0.15) is 13.8 Å². The third kappa shape index (κ3) is 3.00. The molecule has 1 atom stereocenters. The first-order chi connectivity index (χ1) is 8.99. The van der Waals surface area contributed by atoms with Crippen LogP contribution in [0.5, 0.6) is 5.75 Å². The van der Waals surface area contributed by atoms with Gasteiger partial charge in [0.1, 0.15) is 11.4 Å². The molecule has 0 aromatic heterocycles. The minimum atomic E-state index is -0.889. The molecule has 1 unspecified atom stereocenters. The number of benzene rings is 1. The van der Waals surface area contributed by atoms with E-state index in [9.17, 15) is 9.90 Å². The number of hydrogen-bond acceptors (Lipinski definition) is 5. The molecule has 102 valence electrons. The summed E-state index contributed by atoms with van der Waals surface area (Å²) in [6, 6.07) is 6.61. The fraction of sp³-hybridized carbons (Fsp3) is 0.308. The molecule has 1 aromatic rings. The van der Waals surface area contributed by atoms with Crippen molar-refractivity contribution in [3.63, 3.8) is 0 Å². The Balaban J connectivity index is 2.25. The third-order valence-electron chi connectivity index (χ3n) is 2.43. The molecule has 5 nitrogen and oxygen atoms in total. The number of cyclic esters (lactones) is 1. The zero-order chi connectivity index (χ0) is 14.0. The molecule has 0 saturated carbocycles. The molecule has 19 heavy (non-hydrogen) atoms. The van der Waals surface area contributed by atoms with Crippen LogP contribution in [0.15, 0.2) is 35.0 Å². The lowest BCUT2D eigenvalue weighted by Gasteiger charge is -2.18. The second-order valence-electron chi connectivity index (χ2n) is 4.29. The van der Waals surface area contributed by atoms with Crippen molar-refractivity contribution in [2.75, 3.05) is 5.32 Å². The van der Waals surface area contributed by atoms with Gasteiger partial charge in [0.05, 0.1) is 11.8 Å². The lowest BCUT2D eigenvalue weighted by atomic mass is 10.2. The molecule has 1 aromatic carbocycles. The topological polar surface area (TPSA) is 67.8 Å². The molecule has 0 amide bonds. The quantitative estimate of drug-likeness (QED) is 0.657. The first kappa shape index (κ1) is 13.7. The predicted octanol–water partition coefficient (Wildman–Crippen LogP) is 2.56. The lowest BCUT2D eigenvalue weighted by molar-refractivity contribution is -0.165. The Morgan fingerprint density at radius 3 is 2.74 bits per heavy atom. The van der Waals surface area contributed by atoms with Gasteiger partial charge in [-0.05, 0) is 26.0 Å². The first-order valence-corrected chi connectivity index (χ1v) is 6.18. The standard InChI is InChI=1S/C13H14ClNO4/c1-7(2)18-13-11(10(14)12(17)19-13)15-8-5-3-4-6-9(8)16/h3-7,13,15-16H,1-2H3. The number of carbonyl (C=O) groups excluding carboxylic acids is 1. The fourth-order valence-corrected chi connectivity index (χ4v) is 1.78. The van der Waals surface area contributed by atoms with Crippen molar-refractivity contribution in [3.8, 4) is 5.75 Å². The maximum absolute atomic E-state index is 11.5. The second-order valence-corrected chi connectivity index (χ2v) is 4.67. The van der Waals surface area contributed by atoms with E-state index in [1.807, 2.05) is 13.8 Å². The van der Waals surface area contributed by atoms with Crippen LogP contribution < -0.4 is 5.32 Å². The van der Waals surface area contributed by atoms with Crippen molar-refractivity contribution in [2.45, 2.75) is 26.2 Å². The van der Waals surface area contributed by atoms with Crippen molar-refractivity contribution in [3.05, 3.63) is 35.0 Å². The molecule has 2 N–H and O–H groups in total. The van der Waals surface area contributed by atoms with Gasteiger partial charge in [0.2, 0.25) is 6.29 Å². The highest BCUT2D eigenvalue weighted by molar-refractivity contribution is 6.42. The van der Waals surface area contributed by atoms with Crippen LogP contribution in [0.4, 0.5) is 5.69 Å². The minimum absolute atomic E-state index is 0.0436. The van der Waals surface area contributed by atoms with Crippen molar-refractivity contribution in [1.82, 2.24) is 0 Å². The summed E-state index contributed by atoms with van der Waals surface area (Å²) in [6.07, 6.45) is -1.03. The van der Waals surface area contributed by atoms with E-state index in [2.05, 4.69) is 5.32 Å². The maximum Gasteiger partial charge on any atom is 0.354 e. The number of rotatable bonds is 4. The second kappa shape index (κ2) is 5.50. The predicted molar refractivity (Wildman–Crippen MR) is 70.7 cm³/mol. The maximum atomic E-state index is 11.5. The van der Waals surface area contributed by atoms with Gasteiger partial charge < -0.3 is 19.9 Å². The Bertz CT molecular complexity index is 527. The van der Waals surface area contributed by atoms with E-state index >= 15 is 0 Å².